The fraction of sp³-hybridized carbons (Fsp3) is 0.938. The van der Waals surface area contributed by atoms with Crippen LogP contribution in [0.1, 0.15) is 113 Å². The number of aliphatic hydroxyl groups is 1. The molecule has 5 nitrogen and oxygen atoms in total. The monoisotopic (exact) mass is 516 g/mol. The van der Waals surface area contributed by atoms with E-state index >= 15 is 0 Å². The minimum Gasteiger partial charge on any atom is -0.481 e. The van der Waals surface area contributed by atoms with Crippen LogP contribution >= 0.6 is 0 Å². The Morgan fingerprint density at radius 3 is 2.00 bits per heavy atom. The van der Waals surface area contributed by atoms with Gasteiger partial charge in [-0.25, -0.2) is 0 Å². The Morgan fingerprint density at radius 2 is 1.41 bits per heavy atom. The Kier molecular flexibility index (Phi) is 5.92. The molecule has 0 radical (unpaired) electrons. The maximum atomic E-state index is 13.2. The Balaban J connectivity index is 1.65. The molecule has 37 heavy (non-hydrogen) atoms. The lowest BCUT2D eigenvalue weighted by molar-refractivity contribution is -0.288. The van der Waals surface area contributed by atoms with Crippen LogP contribution < -0.4 is 0 Å². The molecule has 0 amide bonds. The lowest BCUT2D eigenvalue weighted by Gasteiger charge is -2.75. The second-order valence-electron chi connectivity index (χ2n) is 16.2. The molecule has 5 aliphatic rings. The second-order valence-corrected chi connectivity index (χ2v) is 16.2. The minimum atomic E-state index is -0.737. The van der Waals surface area contributed by atoms with Gasteiger partial charge in [0.15, 0.2) is 0 Å². The molecule has 3 N–H and O–H groups in total. The Bertz CT molecular complexity index is 990. The molecule has 5 aliphatic carbocycles. The van der Waals surface area contributed by atoms with Gasteiger partial charge in [-0.15, -0.1) is 0 Å². The molecular formula is C32H52O5. The van der Waals surface area contributed by atoms with E-state index in [1.807, 2.05) is 6.92 Å². The van der Waals surface area contributed by atoms with Crippen LogP contribution in [0.4, 0.5) is 0 Å². The molecule has 0 heterocycles. The van der Waals surface area contributed by atoms with Crippen molar-refractivity contribution < 1.29 is 24.9 Å². The number of carbonyl (C=O) groups is 2. The average Bonchev–Trinajstić information content (AvgIpc) is 2.80. The summed E-state index contributed by atoms with van der Waals surface area (Å²) < 4.78 is 0. The van der Waals surface area contributed by atoms with E-state index in [1.54, 1.807) is 0 Å². The van der Waals surface area contributed by atoms with Crippen molar-refractivity contribution in [3.63, 3.8) is 0 Å². The van der Waals surface area contributed by atoms with Gasteiger partial charge in [0, 0.05) is 5.41 Å². The summed E-state index contributed by atoms with van der Waals surface area (Å²) in [5, 5.41) is 32.7. The Morgan fingerprint density at radius 1 is 0.784 bits per heavy atom. The molecule has 0 aromatic rings. The number of rotatable bonds is 2. The molecule has 0 saturated heterocycles. The number of hydrogen-bond acceptors (Lipinski definition) is 3. The van der Waals surface area contributed by atoms with Crippen molar-refractivity contribution >= 4 is 11.9 Å². The largest absolute Gasteiger partial charge is 0.481 e. The number of carboxylic acid groups (broad SMARTS) is 2. The first kappa shape index (κ1) is 27.5. The van der Waals surface area contributed by atoms with Gasteiger partial charge in [0.25, 0.3) is 0 Å². The summed E-state index contributed by atoms with van der Waals surface area (Å²) in [6.07, 6.45) is 7.60. The van der Waals surface area contributed by atoms with E-state index in [-0.39, 0.29) is 45.3 Å². The Labute approximate surface area is 224 Å². The topological polar surface area (TPSA) is 94.8 Å². The molecule has 5 heteroatoms. The zero-order chi connectivity index (χ0) is 27.6. The third-order valence-corrected chi connectivity index (χ3v) is 15.0. The lowest BCUT2D eigenvalue weighted by atomic mass is 9.29. The fourth-order valence-electron chi connectivity index (χ4n) is 12.3. The van der Waals surface area contributed by atoms with E-state index in [9.17, 15) is 24.9 Å². The van der Waals surface area contributed by atoms with Gasteiger partial charge in [-0.3, -0.25) is 9.59 Å². The third-order valence-electron chi connectivity index (χ3n) is 15.0. The number of hydrogen-bond donors (Lipinski definition) is 3. The highest BCUT2D eigenvalue weighted by atomic mass is 16.4. The standard InChI is InChI=1S/C32H52O5/c1-18-24-19-9-10-21-31(7)22(27(2,3)12-11-23(31)33)17-20(25(34)35)32(21,8)30(19,6)16-14-28(24,4)13-15-29(18,5)26(36)37/h18-24,33H,9-17H2,1-8H3,(H,34,35)(H,36,37)/t18-,19-,20?,21-,22+,23?,24+,28-,29+,30-,31-,32-/m1/s1. The van der Waals surface area contributed by atoms with Gasteiger partial charge in [-0.1, -0.05) is 48.5 Å². The van der Waals surface area contributed by atoms with E-state index in [4.69, 9.17) is 0 Å². The lowest BCUT2D eigenvalue weighted by Crippen LogP contribution is -2.72. The van der Waals surface area contributed by atoms with Crippen molar-refractivity contribution in [1.29, 1.82) is 0 Å². The molecule has 0 aliphatic heterocycles. The summed E-state index contributed by atoms with van der Waals surface area (Å²) in [6, 6.07) is 0. The van der Waals surface area contributed by atoms with Crippen molar-refractivity contribution in [3.8, 4) is 0 Å². The van der Waals surface area contributed by atoms with Crippen LogP contribution in [-0.4, -0.2) is 33.4 Å². The van der Waals surface area contributed by atoms with Crippen molar-refractivity contribution in [2.75, 3.05) is 0 Å². The molecule has 0 bridgehead atoms. The molecule has 5 rings (SSSR count). The highest BCUT2D eigenvalue weighted by Gasteiger charge is 2.74. The van der Waals surface area contributed by atoms with E-state index in [1.165, 1.54) is 0 Å². The molecule has 5 fully saturated rings. The number of aliphatic carboxylic acids is 2. The van der Waals surface area contributed by atoms with Crippen molar-refractivity contribution in [2.45, 2.75) is 119 Å². The predicted molar refractivity (Wildman–Crippen MR) is 144 cm³/mol. The van der Waals surface area contributed by atoms with E-state index in [0.29, 0.717) is 12.3 Å². The zero-order valence-corrected chi connectivity index (χ0v) is 24.6. The zero-order valence-electron chi connectivity index (χ0n) is 24.6. The Hall–Kier alpha value is -1.10. The molecule has 0 aromatic carbocycles. The highest BCUT2D eigenvalue weighted by Crippen LogP contribution is 2.78. The number of aliphatic hydroxyl groups excluding tert-OH is 1. The smallest absolute Gasteiger partial charge is 0.309 e. The molecular weight excluding hydrogens is 464 g/mol. The molecule has 0 aromatic heterocycles. The summed E-state index contributed by atoms with van der Waals surface area (Å²) in [6.45, 7) is 18.1. The summed E-state index contributed by atoms with van der Waals surface area (Å²) in [5.74, 6) is -0.856. The van der Waals surface area contributed by atoms with Gasteiger partial charge in [0.2, 0.25) is 0 Å². The summed E-state index contributed by atoms with van der Waals surface area (Å²) in [4.78, 5) is 25.7. The van der Waals surface area contributed by atoms with Crippen molar-refractivity contribution in [2.24, 2.45) is 68.0 Å². The van der Waals surface area contributed by atoms with Crippen LogP contribution in [0.3, 0.4) is 0 Å². The first-order valence-electron chi connectivity index (χ1n) is 15.1. The number of fused-ring (bicyclic) bond motifs is 7. The first-order chi connectivity index (χ1) is 16.9. The normalized spacial score (nSPS) is 56.7. The molecule has 210 valence electrons. The van der Waals surface area contributed by atoms with Crippen LogP contribution in [0.25, 0.3) is 0 Å². The number of carboxylic acids is 2. The van der Waals surface area contributed by atoms with Gasteiger partial charge in [0.05, 0.1) is 17.4 Å². The van der Waals surface area contributed by atoms with E-state index < -0.39 is 34.8 Å². The van der Waals surface area contributed by atoms with Gasteiger partial charge < -0.3 is 15.3 Å². The predicted octanol–water partition coefficient (Wildman–Crippen LogP) is 6.87. The average molecular weight is 517 g/mol. The maximum Gasteiger partial charge on any atom is 0.309 e. The summed E-state index contributed by atoms with van der Waals surface area (Å²) >= 11 is 0. The summed E-state index contributed by atoms with van der Waals surface area (Å²) in [7, 11) is 0. The highest BCUT2D eigenvalue weighted by molar-refractivity contribution is 5.75. The molecule has 12 atom stereocenters. The van der Waals surface area contributed by atoms with Crippen LogP contribution in [0.2, 0.25) is 0 Å². The van der Waals surface area contributed by atoms with Crippen LogP contribution in [0.5, 0.6) is 0 Å². The quantitative estimate of drug-likeness (QED) is 0.372. The maximum absolute atomic E-state index is 13.2. The fourth-order valence-corrected chi connectivity index (χ4v) is 12.3. The van der Waals surface area contributed by atoms with Gasteiger partial charge >= 0.3 is 11.9 Å². The third kappa shape index (κ3) is 3.19. The molecule has 5 saturated carbocycles. The second kappa shape index (κ2) is 7.98. The molecule has 0 spiro atoms. The van der Waals surface area contributed by atoms with Gasteiger partial charge in [-0.05, 0) is 116 Å². The van der Waals surface area contributed by atoms with Crippen molar-refractivity contribution in [3.05, 3.63) is 0 Å². The van der Waals surface area contributed by atoms with Crippen LogP contribution in [0, 0.1) is 68.0 Å². The van der Waals surface area contributed by atoms with Crippen LogP contribution in [0.15, 0.2) is 0 Å². The minimum absolute atomic E-state index is 0.00703. The van der Waals surface area contributed by atoms with Crippen molar-refractivity contribution in [1.82, 2.24) is 0 Å². The van der Waals surface area contributed by atoms with E-state index in [2.05, 4.69) is 48.5 Å². The first-order valence-corrected chi connectivity index (χ1v) is 15.1. The molecule has 2 unspecified atom stereocenters. The van der Waals surface area contributed by atoms with Crippen LogP contribution in [-0.2, 0) is 9.59 Å². The van der Waals surface area contributed by atoms with E-state index in [0.717, 1.165) is 51.4 Å². The summed E-state index contributed by atoms with van der Waals surface area (Å²) in [5.41, 5.74) is -1.57. The van der Waals surface area contributed by atoms with Gasteiger partial charge in [0.1, 0.15) is 0 Å². The SMILES string of the molecule is C[C@@H]1[C@H]2[C@H]3CC[C@@H]4[C@@]5(C)C(O)CCC(C)(C)[C@@H]5CC(C(=O)O)[C@@]4(C)[C@]3(C)CC[C@@]2(C)CC[C@]1(C)C(=O)O. The van der Waals surface area contributed by atoms with Gasteiger partial charge in [-0.2, -0.15) is 0 Å².